The number of nitrogens with zero attached hydrogens (tertiary/aromatic N) is 1. The summed E-state index contributed by atoms with van der Waals surface area (Å²) >= 11 is 4.77. The molecule has 0 aliphatic heterocycles. The van der Waals surface area contributed by atoms with Crippen LogP contribution >= 0.6 is 27.3 Å². The average molecular weight is 340 g/mol. The van der Waals surface area contributed by atoms with E-state index in [9.17, 15) is 9.90 Å². The van der Waals surface area contributed by atoms with E-state index in [0.29, 0.717) is 17.0 Å². The summed E-state index contributed by atoms with van der Waals surface area (Å²) in [5.74, 6) is -0.769. The van der Waals surface area contributed by atoms with Crippen LogP contribution in [0.4, 0.5) is 0 Å². The average Bonchev–Trinajstić information content (AvgIpc) is 2.76. The largest absolute Gasteiger partial charge is 0.477 e. The third-order valence-electron chi connectivity index (χ3n) is 2.74. The lowest BCUT2D eigenvalue weighted by atomic mass is 10.1. The maximum Gasteiger partial charge on any atom is 0.347 e. The van der Waals surface area contributed by atoms with Crippen molar-refractivity contribution in [2.75, 3.05) is 0 Å². The molecule has 0 radical (unpaired) electrons. The van der Waals surface area contributed by atoms with Crippen molar-refractivity contribution in [3.05, 3.63) is 49.9 Å². The first-order chi connectivity index (χ1) is 8.99. The minimum Gasteiger partial charge on any atom is -0.477 e. The Morgan fingerprint density at radius 1 is 1.42 bits per heavy atom. The fourth-order valence-corrected chi connectivity index (χ4v) is 3.31. The second-order valence-electron chi connectivity index (χ2n) is 4.55. The zero-order chi connectivity index (χ0) is 14.0. The highest BCUT2D eigenvalue weighted by molar-refractivity contribution is 9.10. The van der Waals surface area contributed by atoms with E-state index < -0.39 is 5.97 Å². The molecule has 1 N–H and O–H groups in total. The molecule has 1 aromatic heterocycles. The Hall–Kier alpha value is -1.20. The third kappa shape index (κ3) is 3.22. The Labute approximate surface area is 124 Å². The zero-order valence-corrected chi connectivity index (χ0v) is 13.1. The molecule has 0 atom stereocenters. The highest BCUT2D eigenvalue weighted by atomic mass is 79.9. The summed E-state index contributed by atoms with van der Waals surface area (Å²) in [6.45, 7) is 3.92. The van der Waals surface area contributed by atoms with Gasteiger partial charge in [0.1, 0.15) is 4.88 Å². The number of rotatable bonds is 4. The monoisotopic (exact) mass is 339 g/mol. The molecule has 0 spiro atoms. The molecule has 0 fully saturated rings. The molecule has 0 unspecified atom stereocenters. The first-order valence-corrected chi connectivity index (χ1v) is 7.56. The van der Waals surface area contributed by atoms with E-state index in [1.165, 1.54) is 11.3 Å². The summed E-state index contributed by atoms with van der Waals surface area (Å²) in [7, 11) is 0. The van der Waals surface area contributed by atoms with Gasteiger partial charge in [-0.15, -0.1) is 11.3 Å². The number of aromatic carboxylic acids is 1. The fraction of sp³-hybridized carbons (Fsp3) is 0.286. The number of aromatic nitrogens is 1. The van der Waals surface area contributed by atoms with Crippen molar-refractivity contribution in [1.82, 2.24) is 4.98 Å². The van der Waals surface area contributed by atoms with Crippen LogP contribution in [0.15, 0.2) is 28.7 Å². The maximum absolute atomic E-state index is 11.2. The molecule has 2 aromatic rings. The Morgan fingerprint density at radius 3 is 2.63 bits per heavy atom. The maximum atomic E-state index is 11.2. The second-order valence-corrected chi connectivity index (χ2v) is 6.49. The molecular formula is C14H14BrNO2S. The van der Waals surface area contributed by atoms with E-state index in [1.54, 1.807) is 0 Å². The molecule has 0 amide bonds. The predicted molar refractivity (Wildman–Crippen MR) is 80.1 cm³/mol. The van der Waals surface area contributed by atoms with Gasteiger partial charge in [-0.25, -0.2) is 9.78 Å². The van der Waals surface area contributed by atoms with Gasteiger partial charge in [0.05, 0.1) is 10.7 Å². The molecule has 5 heteroatoms. The van der Waals surface area contributed by atoms with Crippen molar-refractivity contribution in [2.45, 2.75) is 26.2 Å². The number of carbonyl (C=O) groups is 1. The summed E-state index contributed by atoms with van der Waals surface area (Å²) in [6, 6.07) is 7.91. The fourth-order valence-electron chi connectivity index (χ4n) is 1.80. The Kier molecular flexibility index (Phi) is 4.37. The van der Waals surface area contributed by atoms with Crippen LogP contribution in [0.5, 0.6) is 0 Å². The number of hydrogen-bond acceptors (Lipinski definition) is 3. The van der Waals surface area contributed by atoms with Crippen LogP contribution in [-0.2, 0) is 6.42 Å². The SMILES string of the molecule is CC(C)c1nc(Cc2ccccc2Br)sc1C(=O)O. The molecule has 0 aliphatic carbocycles. The Balaban J connectivity index is 2.34. The summed E-state index contributed by atoms with van der Waals surface area (Å²) in [6.07, 6.45) is 0.652. The highest BCUT2D eigenvalue weighted by Gasteiger charge is 2.19. The number of thiazole rings is 1. The van der Waals surface area contributed by atoms with E-state index in [2.05, 4.69) is 20.9 Å². The minimum atomic E-state index is -0.889. The van der Waals surface area contributed by atoms with Crippen LogP contribution in [0.2, 0.25) is 0 Å². The third-order valence-corrected chi connectivity index (χ3v) is 4.57. The molecular weight excluding hydrogens is 326 g/mol. The van der Waals surface area contributed by atoms with Crippen LogP contribution < -0.4 is 0 Å². The van der Waals surface area contributed by atoms with Crippen LogP contribution in [0, 0.1) is 0 Å². The van der Waals surface area contributed by atoms with Crippen molar-refractivity contribution in [2.24, 2.45) is 0 Å². The lowest BCUT2D eigenvalue weighted by Crippen LogP contribution is -2.00. The topological polar surface area (TPSA) is 50.2 Å². The smallest absolute Gasteiger partial charge is 0.347 e. The number of carboxylic acids is 1. The van der Waals surface area contributed by atoms with Crippen LogP contribution in [0.1, 0.15) is 45.7 Å². The van der Waals surface area contributed by atoms with Gasteiger partial charge in [0.25, 0.3) is 0 Å². The molecule has 3 nitrogen and oxygen atoms in total. The number of benzene rings is 1. The first kappa shape index (κ1) is 14.2. The van der Waals surface area contributed by atoms with Crippen LogP contribution in [0.25, 0.3) is 0 Å². The van der Waals surface area contributed by atoms with Gasteiger partial charge >= 0.3 is 5.97 Å². The van der Waals surface area contributed by atoms with Gasteiger partial charge in [-0.1, -0.05) is 48.0 Å². The standard InChI is InChI=1S/C14H14BrNO2S/c1-8(2)12-13(14(17)18)19-11(16-12)7-9-5-3-4-6-10(9)15/h3-6,8H,7H2,1-2H3,(H,17,18). The molecule has 0 bridgehead atoms. The minimum absolute atomic E-state index is 0.121. The molecule has 19 heavy (non-hydrogen) atoms. The molecule has 1 aromatic carbocycles. The van der Waals surface area contributed by atoms with E-state index in [1.807, 2.05) is 38.1 Å². The van der Waals surface area contributed by atoms with E-state index >= 15 is 0 Å². The predicted octanol–water partition coefficient (Wildman–Crippen LogP) is 4.32. The zero-order valence-electron chi connectivity index (χ0n) is 10.7. The van der Waals surface area contributed by atoms with Crippen molar-refractivity contribution < 1.29 is 9.90 Å². The summed E-state index contributed by atoms with van der Waals surface area (Å²) < 4.78 is 1.02. The number of halogens is 1. The molecule has 0 aliphatic rings. The Bertz CT molecular complexity index is 607. The number of carboxylic acid groups (broad SMARTS) is 1. The Morgan fingerprint density at radius 2 is 2.11 bits per heavy atom. The first-order valence-electron chi connectivity index (χ1n) is 5.95. The second kappa shape index (κ2) is 5.84. The molecule has 0 saturated carbocycles. The summed E-state index contributed by atoms with van der Waals surface area (Å²) in [4.78, 5) is 16.1. The van der Waals surface area contributed by atoms with E-state index in [-0.39, 0.29) is 5.92 Å². The molecule has 0 saturated heterocycles. The summed E-state index contributed by atoms with van der Waals surface area (Å²) in [5, 5.41) is 10.1. The van der Waals surface area contributed by atoms with Gasteiger partial charge in [0.15, 0.2) is 0 Å². The van der Waals surface area contributed by atoms with Gasteiger partial charge in [-0.2, -0.15) is 0 Å². The van der Waals surface area contributed by atoms with Crippen LogP contribution in [-0.4, -0.2) is 16.1 Å². The van der Waals surface area contributed by atoms with Gasteiger partial charge < -0.3 is 5.11 Å². The lowest BCUT2D eigenvalue weighted by Gasteiger charge is -2.01. The van der Waals surface area contributed by atoms with E-state index in [0.717, 1.165) is 15.0 Å². The van der Waals surface area contributed by atoms with Gasteiger partial charge in [-0.05, 0) is 17.5 Å². The van der Waals surface area contributed by atoms with Crippen molar-refractivity contribution in [1.29, 1.82) is 0 Å². The summed E-state index contributed by atoms with van der Waals surface area (Å²) in [5.41, 5.74) is 1.79. The molecule has 2 rings (SSSR count). The number of hydrogen-bond donors (Lipinski definition) is 1. The van der Waals surface area contributed by atoms with Crippen LogP contribution in [0.3, 0.4) is 0 Å². The van der Waals surface area contributed by atoms with Gasteiger partial charge in [0.2, 0.25) is 0 Å². The van der Waals surface area contributed by atoms with Crippen molar-refractivity contribution in [3.63, 3.8) is 0 Å². The van der Waals surface area contributed by atoms with E-state index in [4.69, 9.17) is 0 Å². The molecule has 1 heterocycles. The van der Waals surface area contributed by atoms with Gasteiger partial charge in [0, 0.05) is 10.9 Å². The highest BCUT2D eigenvalue weighted by Crippen LogP contribution is 2.28. The quantitative estimate of drug-likeness (QED) is 0.902. The molecule has 100 valence electrons. The van der Waals surface area contributed by atoms with Crippen molar-refractivity contribution >= 4 is 33.2 Å². The van der Waals surface area contributed by atoms with Gasteiger partial charge in [-0.3, -0.25) is 0 Å². The lowest BCUT2D eigenvalue weighted by molar-refractivity contribution is 0.0700. The van der Waals surface area contributed by atoms with Crippen molar-refractivity contribution in [3.8, 4) is 0 Å². The normalized spacial score (nSPS) is 10.9.